The van der Waals surface area contributed by atoms with Gasteiger partial charge >= 0.3 is 5.97 Å². The summed E-state index contributed by atoms with van der Waals surface area (Å²) >= 11 is 0. The van der Waals surface area contributed by atoms with Gasteiger partial charge in [-0.25, -0.2) is 18.0 Å². The van der Waals surface area contributed by atoms with E-state index in [9.17, 15) is 18.0 Å². The highest BCUT2D eigenvalue weighted by Crippen LogP contribution is 2.31. The van der Waals surface area contributed by atoms with Crippen LogP contribution in [0, 0.1) is 5.82 Å². The summed E-state index contributed by atoms with van der Waals surface area (Å²) in [5.74, 6) is -4.60. The van der Waals surface area contributed by atoms with Crippen LogP contribution < -0.4 is 4.90 Å². The summed E-state index contributed by atoms with van der Waals surface area (Å²) in [5, 5.41) is 8.70. The molecule has 98 valence electrons. The summed E-state index contributed by atoms with van der Waals surface area (Å²) in [6.07, 6.45) is -0.625. The molecular formula is C12H12F3NO2. The molecule has 1 aliphatic heterocycles. The van der Waals surface area contributed by atoms with E-state index in [4.69, 9.17) is 5.11 Å². The lowest BCUT2D eigenvalue weighted by molar-refractivity contribution is -0.0221. The molecule has 2 rings (SSSR count). The molecular weight excluding hydrogens is 247 g/mol. The van der Waals surface area contributed by atoms with E-state index < -0.39 is 17.7 Å². The predicted molar refractivity (Wildman–Crippen MR) is 59.8 cm³/mol. The molecule has 0 atom stereocenters. The molecule has 0 aliphatic carbocycles. The van der Waals surface area contributed by atoms with Crippen LogP contribution in [0.25, 0.3) is 0 Å². The number of nitrogens with zero attached hydrogens (tertiary/aromatic N) is 1. The fourth-order valence-electron chi connectivity index (χ4n) is 1.97. The number of anilines is 1. The van der Waals surface area contributed by atoms with Gasteiger partial charge in [0.15, 0.2) is 0 Å². The van der Waals surface area contributed by atoms with Gasteiger partial charge in [-0.2, -0.15) is 0 Å². The minimum atomic E-state index is -2.69. The lowest BCUT2D eigenvalue weighted by Crippen LogP contribution is -2.39. The first-order valence-corrected chi connectivity index (χ1v) is 5.55. The van der Waals surface area contributed by atoms with Gasteiger partial charge in [0, 0.05) is 25.9 Å². The van der Waals surface area contributed by atoms with Crippen molar-refractivity contribution in [1.82, 2.24) is 0 Å². The number of halogens is 3. The summed E-state index contributed by atoms with van der Waals surface area (Å²) in [7, 11) is 0. The minimum absolute atomic E-state index is 0.0658. The van der Waals surface area contributed by atoms with Crippen molar-refractivity contribution in [1.29, 1.82) is 0 Å². The van der Waals surface area contributed by atoms with Crippen LogP contribution in [0.2, 0.25) is 0 Å². The Morgan fingerprint density at radius 3 is 2.39 bits per heavy atom. The van der Waals surface area contributed by atoms with Crippen molar-refractivity contribution in [3.8, 4) is 0 Å². The molecule has 1 N–H and O–H groups in total. The molecule has 18 heavy (non-hydrogen) atoms. The predicted octanol–water partition coefficient (Wildman–Crippen LogP) is 2.76. The van der Waals surface area contributed by atoms with Gasteiger partial charge in [0.1, 0.15) is 5.82 Å². The van der Waals surface area contributed by atoms with E-state index in [2.05, 4.69) is 0 Å². The Morgan fingerprint density at radius 1 is 1.28 bits per heavy atom. The van der Waals surface area contributed by atoms with E-state index >= 15 is 0 Å². The maximum absolute atomic E-state index is 13.7. The van der Waals surface area contributed by atoms with Crippen molar-refractivity contribution in [2.45, 2.75) is 18.8 Å². The minimum Gasteiger partial charge on any atom is -0.478 e. The molecule has 1 fully saturated rings. The second kappa shape index (κ2) is 4.51. The van der Waals surface area contributed by atoms with Crippen LogP contribution in [0.4, 0.5) is 18.9 Å². The van der Waals surface area contributed by atoms with Crippen LogP contribution in [0.1, 0.15) is 23.2 Å². The van der Waals surface area contributed by atoms with E-state index in [0.29, 0.717) is 0 Å². The fourth-order valence-corrected chi connectivity index (χ4v) is 1.97. The van der Waals surface area contributed by atoms with Crippen LogP contribution in [0.5, 0.6) is 0 Å². The standard InChI is InChI=1S/C12H12F3NO2/c13-9-7-8(11(17)18)1-2-10(9)16-5-3-12(14,15)4-6-16/h1-2,7H,3-6H2,(H,17,18). The van der Waals surface area contributed by atoms with Gasteiger partial charge < -0.3 is 10.0 Å². The van der Waals surface area contributed by atoms with Gasteiger partial charge in [-0.05, 0) is 18.2 Å². The zero-order chi connectivity index (χ0) is 13.3. The molecule has 0 saturated carbocycles. The number of hydrogen-bond donors (Lipinski definition) is 1. The summed E-state index contributed by atoms with van der Waals surface area (Å²) in [6.45, 7) is 0.132. The molecule has 0 radical (unpaired) electrons. The zero-order valence-electron chi connectivity index (χ0n) is 9.50. The molecule has 1 heterocycles. The van der Waals surface area contributed by atoms with Crippen LogP contribution >= 0.6 is 0 Å². The highest BCUT2D eigenvalue weighted by atomic mass is 19.3. The highest BCUT2D eigenvalue weighted by Gasteiger charge is 2.34. The van der Waals surface area contributed by atoms with Gasteiger partial charge in [0.2, 0.25) is 0 Å². The third-order valence-electron chi connectivity index (χ3n) is 3.03. The van der Waals surface area contributed by atoms with Crippen LogP contribution in [-0.4, -0.2) is 30.1 Å². The molecule has 0 aromatic heterocycles. The average Bonchev–Trinajstić information content (AvgIpc) is 2.29. The maximum Gasteiger partial charge on any atom is 0.335 e. The molecule has 1 aromatic carbocycles. The first-order chi connectivity index (χ1) is 8.39. The van der Waals surface area contributed by atoms with Gasteiger partial charge in [0.05, 0.1) is 11.3 Å². The molecule has 3 nitrogen and oxygen atoms in total. The van der Waals surface area contributed by atoms with Crippen molar-refractivity contribution in [2.24, 2.45) is 0 Å². The Balaban J connectivity index is 2.17. The second-order valence-corrected chi connectivity index (χ2v) is 4.31. The summed E-state index contributed by atoms with van der Waals surface area (Å²) in [4.78, 5) is 12.2. The molecule has 0 amide bonds. The zero-order valence-corrected chi connectivity index (χ0v) is 9.50. The molecule has 1 aromatic rings. The molecule has 0 unspecified atom stereocenters. The van der Waals surface area contributed by atoms with E-state index in [1.807, 2.05) is 0 Å². The SMILES string of the molecule is O=C(O)c1ccc(N2CCC(F)(F)CC2)c(F)c1. The number of carbonyl (C=O) groups is 1. The molecule has 0 bridgehead atoms. The monoisotopic (exact) mass is 259 g/mol. The molecule has 6 heteroatoms. The van der Waals surface area contributed by atoms with Crippen LogP contribution in [0.3, 0.4) is 0 Å². The summed E-state index contributed by atoms with van der Waals surface area (Å²) < 4.78 is 39.6. The van der Waals surface area contributed by atoms with Gasteiger partial charge in [-0.15, -0.1) is 0 Å². The van der Waals surface area contributed by atoms with Crippen LogP contribution in [0.15, 0.2) is 18.2 Å². The van der Waals surface area contributed by atoms with Gasteiger partial charge in [0.25, 0.3) is 5.92 Å². The van der Waals surface area contributed by atoms with E-state index in [1.165, 1.54) is 17.0 Å². The van der Waals surface area contributed by atoms with Crippen LogP contribution in [-0.2, 0) is 0 Å². The maximum atomic E-state index is 13.7. The first kappa shape index (κ1) is 12.7. The van der Waals surface area contributed by atoms with E-state index in [1.54, 1.807) is 0 Å². The Labute approximate surface area is 102 Å². The molecule has 1 saturated heterocycles. The van der Waals surface area contributed by atoms with Crippen molar-refractivity contribution in [2.75, 3.05) is 18.0 Å². The van der Waals surface area contributed by atoms with Crippen molar-refractivity contribution in [3.63, 3.8) is 0 Å². The number of aromatic carboxylic acids is 1. The Morgan fingerprint density at radius 2 is 1.89 bits per heavy atom. The van der Waals surface area contributed by atoms with E-state index in [-0.39, 0.29) is 37.2 Å². The lowest BCUT2D eigenvalue weighted by Gasteiger charge is -2.33. The number of benzene rings is 1. The van der Waals surface area contributed by atoms with Crippen molar-refractivity contribution in [3.05, 3.63) is 29.6 Å². The second-order valence-electron chi connectivity index (χ2n) is 4.31. The highest BCUT2D eigenvalue weighted by molar-refractivity contribution is 5.88. The lowest BCUT2D eigenvalue weighted by atomic mass is 10.1. The summed E-state index contributed by atoms with van der Waals surface area (Å²) in [5.41, 5.74) is 0.0223. The first-order valence-electron chi connectivity index (χ1n) is 5.55. The van der Waals surface area contributed by atoms with Crippen molar-refractivity contribution < 1.29 is 23.1 Å². The third kappa shape index (κ3) is 2.57. The number of piperidine rings is 1. The largest absolute Gasteiger partial charge is 0.478 e. The number of carboxylic acid groups (broad SMARTS) is 1. The number of carboxylic acids is 1. The number of hydrogen-bond acceptors (Lipinski definition) is 2. The number of alkyl halides is 2. The Hall–Kier alpha value is -1.72. The Kier molecular flexibility index (Phi) is 3.19. The topological polar surface area (TPSA) is 40.5 Å². The molecule has 0 spiro atoms. The normalized spacial score (nSPS) is 18.7. The average molecular weight is 259 g/mol. The third-order valence-corrected chi connectivity index (χ3v) is 3.03. The number of rotatable bonds is 2. The van der Waals surface area contributed by atoms with Gasteiger partial charge in [-0.1, -0.05) is 0 Å². The Bertz CT molecular complexity index is 466. The van der Waals surface area contributed by atoms with E-state index in [0.717, 1.165) is 6.07 Å². The summed E-state index contributed by atoms with van der Waals surface area (Å²) in [6, 6.07) is 3.50. The molecule has 1 aliphatic rings. The fraction of sp³-hybridized carbons (Fsp3) is 0.417. The smallest absolute Gasteiger partial charge is 0.335 e. The quantitative estimate of drug-likeness (QED) is 0.887. The van der Waals surface area contributed by atoms with Gasteiger partial charge in [-0.3, -0.25) is 0 Å². The van der Waals surface area contributed by atoms with Crippen molar-refractivity contribution >= 4 is 11.7 Å².